The van der Waals surface area contributed by atoms with Crippen LogP contribution < -0.4 is 4.90 Å². The lowest BCUT2D eigenvalue weighted by atomic mass is 10.3. The van der Waals surface area contributed by atoms with Crippen molar-refractivity contribution in [2.45, 2.75) is 18.2 Å². The van der Waals surface area contributed by atoms with Crippen LogP contribution in [0.1, 0.15) is 13.3 Å². The van der Waals surface area contributed by atoms with E-state index in [2.05, 4.69) is 16.7 Å². The highest BCUT2D eigenvalue weighted by atomic mass is 32.2. The van der Waals surface area contributed by atoms with Crippen LogP contribution in [0.2, 0.25) is 0 Å². The summed E-state index contributed by atoms with van der Waals surface area (Å²) >= 11 is 1.75. The molecule has 2 aromatic rings. The summed E-state index contributed by atoms with van der Waals surface area (Å²) in [6, 6.07) is 5.51. The van der Waals surface area contributed by atoms with E-state index in [1.54, 1.807) is 17.8 Å². The summed E-state index contributed by atoms with van der Waals surface area (Å²) in [5.74, 6) is 1.07. The summed E-state index contributed by atoms with van der Waals surface area (Å²) in [6.45, 7) is 2.13. The monoisotopic (exact) mass is 210 g/mol. The minimum atomic E-state index is 0.420. The number of nitrogens with zero attached hydrogens (tertiary/aromatic N) is 2. The third kappa shape index (κ3) is 1.68. The normalized spacial score (nSPS) is 10.9. The summed E-state index contributed by atoms with van der Waals surface area (Å²) in [5.41, 5.74) is 1.09. The van der Waals surface area contributed by atoms with Gasteiger partial charge in [0, 0.05) is 16.1 Å². The predicted molar refractivity (Wildman–Crippen MR) is 54.0 cm³/mol. The van der Waals surface area contributed by atoms with E-state index in [4.69, 9.17) is 0 Å². The largest absolute Gasteiger partial charge is 0.359 e. The minimum absolute atomic E-state index is 0.420. The van der Waals surface area contributed by atoms with Crippen LogP contribution in [0.15, 0.2) is 27.7 Å². The Morgan fingerprint density at radius 3 is 3.21 bits per heavy atom. The zero-order valence-electron chi connectivity index (χ0n) is 7.77. The molecule has 5 heteroatoms. The van der Waals surface area contributed by atoms with Crippen molar-refractivity contribution in [3.05, 3.63) is 23.4 Å². The Morgan fingerprint density at radius 1 is 1.57 bits per heavy atom. The SMILES string of the molecule is CCCSc1ccc2c(c1)no[n+]2[O-]. The van der Waals surface area contributed by atoms with Crippen LogP contribution in [0, 0.1) is 5.21 Å². The molecule has 0 amide bonds. The summed E-state index contributed by atoms with van der Waals surface area (Å²) in [7, 11) is 0. The maximum atomic E-state index is 11.0. The van der Waals surface area contributed by atoms with E-state index < -0.39 is 0 Å². The van der Waals surface area contributed by atoms with Crippen molar-refractivity contribution in [2.75, 3.05) is 5.75 Å². The van der Waals surface area contributed by atoms with Crippen molar-refractivity contribution in [2.24, 2.45) is 0 Å². The first-order valence-corrected chi connectivity index (χ1v) is 5.42. The van der Waals surface area contributed by atoms with Crippen molar-refractivity contribution in [3.63, 3.8) is 0 Å². The van der Waals surface area contributed by atoms with Crippen molar-refractivity contribution >= 4 is 22.8 Å². The molecule has 0 aliphatic carbocycles. The Labute approximate surface area is 85.4 Å². The Balaban J connectivity index is 2.32. The Kier molecular flexibility index (Phi) is 2.58. The van der Waals surface area contributed by atoms with Gasteiger partial charge in [-0.3, -0.25) is 4.63 Å². The first-order chi connectivity index (χ1) is 6.81. The molecule has 74 valence electrons. The number of benzene rings is 1. The van der Waals surface area contributed by atoms with E-state index in [0.29, 0.717) is 15.9 Å². The zero-order chi connectivity index (χ0) is 9.97. The van der Waals surface area contributed by atoms with Crippen LogP contribution in [0.3, 0.4) is 0 Å². The Bertz CT molecular complexity index is 441. The third-order valence-electron chi connectivity index (χ3n) is 1.83. The number of thioether (sulfide) groups is 1. The van der Waals surface area contributed by atoms with Crippen LogP contribution in [0.25, 0.3) is 11.0 Å². The molecule has 2 rings (SSSR count). The van der Waals surface area contributed by atoms with Gasteiger partial charge < -0.3 is 5.21 Å². The van der Waals surface area contributed by atoms with Gasteiger partial charge in [-0.2, -0.15) is 0 Å². The van der Waals surface area contributed by atoms with Crippen LogP contribution in [-0.2, 0) is 0 Å². The number of hydrogen-bond acceptors (Lipinski definition) is 4. The van der Waals surface area contributed by atoms with E-state index in [1.165, 1.54) is 0 Å². The van der Waals surface area contributed by atoms with E-state index in [-0.39, 0.29) is 0 Å². The van der Waals surface area contributed by atoms with Crippen LogP contribution >= 0.6 is 11.8 Å². The van der Waals surface area contributed by atoms with Gasteiger partial charge in [0.15, 0.2) is 0 Å². The fourth-order valence-corrected chi connectivity index (χ4v) is 1.96. The average molecular weight is 210 g/mol. The minimum Gasteiger partial charge on any atom is -0.359 e. The van der Waals surface area contributed by atoms with Crippen molar-refractivity contribution in [1.82, 2.24) is 5.16 Å². The molecule has 4 nitrogen and oxygen atoms in total. The summed E-state index contributed by atoms with van der Waals surface area (Å²) in [4.78, 5) is 1.54. The van der Waals surface area contributed by atoms with Crippen LogP contribution in [0.5, 0.6) is 0 Å². The Morgan fingerprint density at radius 2 is 2.43 bits per heavy atom. The molecule has 0 saturated carbocycles. The molecule has 0 bridgehead atoms. The van der Waals surface area contributed by atoms with Gasteiger partial charge in [0.2, 0.25) is 11.0 Å². The molecule has 0 saturated heterocycles. The first kappa shape index (κ1) is 9.33. The topological polar surface area (TPSA) is 53.0 Å². The van der Waals surface area contributed by atoms with Gasteiger partial charge in [-0.25, -0.2) is 0 Å². The molecule has 1 aromatic carbocycles. The average Bonchev–Trinajstić information content (AvgIpc) is 2.57. The summed E-state index contributed by atoms with van der Waals surface area (Å²) in [6.07, 6.45) is 1.13. The van der Waals surface area contributed by atoms with Gasteiger partial charge in [0.05, 0.1) is 0 Å². The second-order valence-corrected chi connectivity index (χ2v) is 4.10. The molecule has 1 heterocycles. The Hall–Kier alpha value is -1.23. The second-order valence-electron chi connectivity index (χ2n) is 2.93. The van der Waals surface area contributed by atoms with E-state index in [0.717, 1.165) is 17.1 Å². The molecule has 0 fully saturated rings. The lowest BCUT2D eigenvalue weighted by Gasteiger charge is -1.96. The smallest absolute Gasteiger partial charge is 0.249 e. The lowest BCUT2D eigenvalue weighted by molar-refractivity contribution is -0.782. The standard InChI is InChI=1S/C9H10N2O2S/c1-2-5-14-7-3-4-9-8(6-7)10-13-11(9)12/h3-4,6H,2,5H2,1H3. The van der Waals surface area contributed by atoms with Crippen molar-refractivity contribution in [1.29, 1.82) is 0 Å². The molecular weight excluding hydrogens is 200 g/mol. The fourth-order valence-electron chi connectivity index (χ4n) is 1.17. The molecular formula is C9H10N2O2S. The highest BCUT2D eigenvalue weighted by Crippen LogP contribution is 2.21. The highest BCUT2D eigenvalue weighted by Gasteiger charge is 2.08. The lowest BCUT2D eigenvalue weighted by Crippen LogP contribution is -2.22. The number of fused-ring (bicyclic) bond motifs is 1. The van der Waals surface area contributed by atoms with Gasteiger partial charge >= 0.3 is 0 Å². The van der Waals surface area contributed by atoms with E-state index >= 15 is 0 Å². The quantitative estimate of drug-likeness (QED) is 0.574. The van der Waals surface area contributed by atoms with Crippen molar-refractivity contribution < 1.29 is 9.53 Å². The zero-order valence-corrected chi connectivity index (χ0v) is 8.58. The molecule has 0 aliphatic heterocycles. The van der Waals surface area contributed by atoms with Crippen molar-refractivity contribution in [3.8, 4) is 0 Å². The number of hydrogen-bond donors (Lipinski definition) is 0. The van der Waals surface area contributed by atoms with E-state index in [1.807, 2.05) is 12.1 Å². The number of rotatable bonds is 3. The van der Waals surface area contributed by atoms with Gasteiger partial charge in [0.25, 0.3) is 0 Å². The van der Waals surface area contributed by atoms with Gasteiger partial charge in [0.1, 0.15) is 0 Å². The molecule has 0 aliphatic rings. The van der Waals surface area contributed by atoms with Gasteiger partial charge in [-0.1, -0.05) is 6.92 Å². The molecule has 1 aromatic heterocycles. The molecule has 0 radical (unpaired) electrons. The molecule has 0 atom stereocenters. The molecule has 0 spiro atoms. The molecule has 0 N–H and O–H groups in total. The molecule has 0 unspecified atom stereocenters. The van der Waals surface area contributed by atoms with Gasteiger partial charge in [-0.15, -0.1) is 11.8 Å². The fraction of sp³-hybridized carbons (Fsp3) is 0.333. The highest BCUT2D eigenvalue weighted by molar-refractivity contribution is 7.99. The number of aromatic nitrogens is 2. The van der Waals surface area contributed by atoms with Gasteiger partial charge in [-0.05, 0) is 29.2 Å². The maximum absolute atomic E-state index is 11.0. The second kappa shape index (κ2) is 3.88. The predicted octanol–water partition coefficient (Wildman–Crippen LogP) is 1.96. The van der Waals surface area contributed by atoms with Crippen LogP contribution in [-0.4, -0.2) is 10.9 Å². The summed E-state index contributed by atoms with van der Waals surface area (Å²) in [5, 5.41) is 14.6. The summed E-state index contributed by atoms with van der Waals surface area (Å²) < 4.78 is 4.48. The first-order valence-electron chi connectivity index (χ1n) is 4.43. The maximum Gasteiger partial charge on any atom is 0.249 e. The molecule has 14 heavy (non-hydrogen) atoms. The van der Waals surface area contributed by atoms with E-state index in [9.17, 15) is 5.21 Å². The third-order valence-corrected chi connectivity index (χ3v) is 3.03. The van der Waals surface area contributed by atoms with Crippen LogP contribution in [0.4, 0.5) is 0 Å².